The first-order chi connectivity index (χ1) is 9.57. The minimum atomic E-state index is -0.673. The third kappa shape index (κ3) is 4.94. The number of nitrogens with one attached hydrogen (secondary N) is 2. The number of piperidine rings is 1. The minimum absolute atomic E-state index is 0.145. The van der Waals surface area contributed by atoms with Crippen molar-refractivity contribution in [2.45, 2.75) is 63.5 Å². The highest BCUT2D eigenvalue weighted by Gasteiger charge is 2.31. The first kappa shape index (κ1) is 15.6. The summed E-state index contributed by atoms with van der Waals surface area (Å²) in [5, 5.41) is 16.0. The zero-order chi connectivity index (χ0) is 14.4. The third-order valence-electron chi connectivity index (χ3n) is 4.47. The number of carbonyl (C=O) groups is 1. The second-order valence-electron chi connectivity index (χ2n) is 6.52. The maximum absolute atomic E-state index is 11.8. The first-order valence-electron chi connectivity index (χ1n) is 8.06. The van der Waals surface area contributed by atoms with Gasteiger partial charge in [0, 0.05) is 19.1 Å². The summed E-state index contributed by atoms with van der Waals surface area (Å²) in [5.74, 6) is 0. The average Bonchev–Trinajstić information content (AvgIpc) is 2.85. The lowest BCUT2D eigenvalue weighted by Gasteiger charge is -2.29. The van der Waals surface area contributed by atoms with Gasteiger partial charge in [0.1, 0.15) is 0 Å². The third-order valence-corrected chi connectivity index (χ3v) is 4.47. The first-order valence-corrected chi connectivity index (χ1v) is 8.06. The van der Waals surface area contributed by atoms with Crippen molar-refractivity contribution >= 4 is 6.03 Å². The van der Waals surface area contributed by atoms with Crippen LogP contribution in [0, 0.1) is 0 Å². The van der Waals surface area contributed by atoms with Crippen LogP contribution in [0.15, 0.2) is 0 Å². The van der Waals surface area contributed by atoms with Gasteiger partial charge in [0.15, 0.2) is 0 Å². The predicted molar refractivity (Wildman–Crippen MR) is 79.7 cm³/mol. The summed E-state index contributed by atoms with van der Waals surface area (Å²) in [5.41, 5.74) is -0.673. The topological polar surface area (TPSA) is 64.6 Å². The molecule has 116 valence electrons. The van der Waals surface area contributed by atoms with Gasteiger partial charge in [-0.1, -0.05) is 19.3 Å². The fraction of sp³-hybridized carbons (Fsp3) is 0.933. The number of aliphatic hydroxyl groups is 1. The van der Waals surface area contributed by atoms with Crippen molar-refractivity contribution in [2.75, 3.05) is 26.2 Å². The van der Waals surface area contributed by atoms with Crippen LogP contribution in [0.2, 0.25) is 0 Å². The molecule has 1 heterocycles. The number of hydrogen-bond acceptors (Lipinski definition) is 3. The van der Waals surface area contributed by atoms with Crippen LogP contribution >= 0.6 is 0 Å². The summed E-state index contributed by atoms with van der Waals surface area (Å²) in [6.45, 7) is 5.62. The molecule has 2 aliphatic rings. The molecular formula is C15H29N3O2. The Hall–Kier alpha value is -0.810. The van der Waals surface area contributed by atoms with E-state index in [1.807, 2.05) is 6.92 Å². The fourth-order valence-corrected chi connectivity index (χ4v) is 3.30. The molecule has 0 aromatic carbocycles. The molecule has 0 aromatic rings. The van der Waals surface area contributed by atoms with Crippen LogP contribution in [0.1, 0.15) is 51.9 Å². The van der Waals surface area contributed by atoms with E-state index in [4.69, 9.17) is 0 Å². The standard InChI is InChI=1S/C15H29N3O2/c1-13(11-18-9-5-2-6-10-18)17-14(19)16-12-15(20)7-3-4-8-15/h13,20H,2-12H2,1H3,(H2,16,17,19). The summed E-state index contributed by atoms with van der Waals surface area (Å²) in [6, 6.07) is -0.0128. The smallest absolute Gasteiger partial charge is 0.315 e. The van der Waals surface area contributed by atoms with Gasteiger partial charge in [-0.3, -0.25) is 0 Å². The average molecular weight is 283 g/mol. The van der Waals surface area contributed by atoms with Gasteiger partial charge in [-0.25, -0.2) is 4.79 Å². The van der Waals surface area contributed by atoms with E-state index in [1.54, 1.807) is 0 Å². The van der Waals surface area contributed by atoms with E-state index in [0.29, 0.717) is 6.54 Å². The van der Waals surface area contributed by atoms with E-state index in [0.717, 1.165) is 45.3 Å². The largest absolute Gasteiger partial charge is 0.388 e. The number of carbonyl (C=O) groups excluding carboxylic acids is 1. The van der Waals surface area contributed by atoms with Gasteiger partial charge in [-0.2, -0.15) is 0 Å². The Bertz CT molecular complexity index is 310. The number of rotatable bonds is 5. The molecule has 0 bridgehead atoms. The molecule has 2 fully saturated rings. The second-order valence-corrected chi connectivity index (χ2v) is 6.52. The lowest BCUT2D eigenvalue weighted by Crippen LogP contribution is -2.50. The highest BCUT2D eigenvalue weighted by atomic mass is 16.3. The molecular weight excluding hydrogens is 254 g/mol. The summed E-state index contributed by atoms with van der Waals surface area (Å²) >= 11 is 0. The second kappa shape index (κ2) is 7.27. The van der Waals surface area contributed by atoms with Gasteiger partial charge in [-0.05, 0) is 45.7 Å². The fourth-order valence-electron chi connectivity index (χ4n) is 3.30. The van der Waals surface area contributed by atoms with E-state index in [-0.39, 0.29) is 12.1 Å². The van der Waals surface area contributed by atoms with Gasteiger partial charge in [-0.15, -0.1) is 0 Å². The van der Waals surface area contributed by atoms with Gasteiger partial charge in [0.25, 0.3) is 0 Å². The summed E-state index contributed by atoms with van der Waals surface area (Å²) in [4.78, 5) is 14.3. The molecule has 0 spiro atoms. The van der Waals surface area contributed by atoms with E-state index in [1.165, 1.54) is 19.3 Å². The molecule has 1 atom stereocenters. The number of nitrogens with zero attached hydrogens (tertiary/aromatic N) is 1. The molecule has 1 unspecified atom stereocenters. The van der Waals surface area contributed by atoms with Gasteiger partial charge in [0.2, 0.25) is 0 Å². The van der Waals surface area contributed by atoms with Crippen LogP contribution in [0.25, 0.3) is 0 Å². The van der Waals surface area contributed by atoms with Crippen LogP contribution in [0.4, 0.5) is 4.79 Å². The van der Waals surface area contributed by atoms with E-state index in [2.05, 4.69) is 15.5 Å². The quantitative estimate of drug-likeness (QED) is 0.716. The summed E-state index contributed by atoms with van der Waals surface area (Å²) in [6.07, 6.45) is 7.60. The molecule has 1 aliphatic carbocycles. The molecule has 5 nitrogen and oxygen atoms in total. The minimum Gasteiger partial charge on any atom is -0.388 e. The molecule has 1 aliphatic heterocycles. The van der Waals surface area contributed by atoms with Crippen molar-refractivity contribution in [1.82, 2.24) is 15.5 Å². The van der Waals surface area contributed by atoms with Crippen LogP contribution in [-0.2, 0) is 0 Å². The molecule has 0 radical (unpaired) electrons. The Morgan fingerprint density at radius 3 is 2.50 bits per heavy atom. The number of amides is 2. The van der Waals surface area contributed by atoms with E-state index < -0.39 is 5.60 Å². The molecule has 1 saturated carbocycles. The maximum Gasteiger partial charge on any atom is 0.315 e. The van der Waals surface area contributed by atoms with Crippen LogP contribution in [0.5, 0.6) is 0 Å². The Balaban J connectivity index is 1.62. The zero-order valence-corrected chi connectivity index (χ0v) is 12.7. The summed E-state index contributed by atoms with van der Waals surface area (Å²) in [7, 11) is 0. The number of likely N-dealkylation sites (tertiary alicyclic amines) is 1. The molecule has 2 rings (SSSR count). The van der Waals surface area contributed by atoms with Crippen LogP contribution in [-0.4, -0.2) is 53.9 Å². The van der Waals surface area contributed by atoms with Crippen molar-refractivity contribution in [3.05, 3.63) is 0 Å². The number of hydrogen-bond donors (Lipinski definition) is 3. The maximum atomic E-state index is 11.8. The zero-order valence-electron chi connectivity index (χ0n) is 12.7. The predicted octanol–water partition coefficient (Wildman–Crippen LogP) is 1.47. The SMILES string of the molecule is CC(CN1CCCCC1)NC(=O)NCC1(O)CCCC1. The Labute approximate surface area is 122 Å². The Morgan fingerprint density at radius 1 is 1.20 bits per heavy atom. The lowest BCUT2D eigenvalue weighted by molar-refractivity contribution is 0.0499. The Morgan fingerprint density at radius 2 is 1.85 bits per heavy atom. The van der Waals surface area contributed by atoms with Crippen molar-refractivity contribution in [2.24, 2.45) is 0 Å². The highest BCUT2D eigenvalue weighted by molar-refractivity contribution is 5.74. The molecule has 1 saturated heterocycles. The molecule has 20 heavy (non-hydrogen) atoms. The molecule has 5 heteroatoms. The normalized spacial score (nSPS) is 24.3. The van der Waals surface area contributed by atoms with Gasteiger partial charge < -0.3 is 20.6 Å². The van der Waals surface area contributed by atoms with Crippen LogP contribution < -0.4 is 10.6 Å². The Kier molecular flexibility index (Phi) is 5.66. The molecule has 0 aromatic heterocycles. The van der Waals surface area contributed by atoms with Gasteiger partial charge in [0.05, 0.1) is 5.60 Å². The van der Waals surface area contributed by atoms with Gasteiger partial charge >= 0.3 is 6.03 Å². The van der Waals surface area contributed by atoms with Crippen molar-refractivity contribution in [3.63, 3.8) is 0 Å². The number of urea groups is 1. The van der Waals surface area contributed by atoms with Crippen molar-refractivity contribution in [1.29, 1.82) is 0 Å². The van der Waals surface area contributed by atoms with Crippen molar-refractivity contribution < 1.29 is 9.90 Å². The lowest BCUT2D eigenvalue weighted by atomic mass is 10.0. The van der Waals surface area contributed by atoms with E-state index in [9.17, 15) is 9.90 Å². The highest BCUT2D eigenvalue weighted by Crippen LogP contribution is 2.28. The van der Waals surface area contributed by atoms with Crippen molar-refractivity contribution in [3.8, 4) is 0 Å². The summed E-state index contributed by atoms with van der Waals surface area (Å²) < 4.78 is 0. The molecule has 2 amide bonds. The van der Waals surface area contributed by atoms with E-state index >= 15 is 0 Å². The van der Waals surface area contributed by atoms with Crippen LogP contribution in [0.3, 0.4) is 0 Å². The molecule has 3 N–H and O–H groups in total. The monoisotopic (exact) mass is 283 g/mol.